The van der Waals surface area contributed by atoms with Crippen LogP contribution in [0.1, 0.15) is 42.5 Å². The third-order valence-electron chi connectivity index (χ3n) is 4.62. The summed E-state index contributed by atoms with van der Waals surface area (Å²) in [6.07, 6.45) is 1.12. The van der Waals surface area contributed by atoms with E-state index < -0.39 is 33.9 Å². The van der Waals surface area contributed by atoms with Gasteiger partial charge in [-0.1, -0.05) is 29.3 Å². The first-order chi connectivity index (χ1) is 12.1. The van der Waals surface area contributed by atoms with Crippen molar-refractivity contribution in [3.63, 3.8) is 0 Å². The molecular formula is C18H26N2O5S. The van der Waals surface area contributed by atoms with Crippen LogP contribution in [0.2, 0.25) is 0 Å². The molecule has 0 radical (unpaired) electrons. The molecule has 0 spiro atoms. The van der Waals surface area contributed by atoms with Gasteiger partial charge in [-0.2, -0.15) is 0 Å². The molecular weight excluding hydrogens is 356 g/mol. The zero-order valence-corrected chi connectivity index (χ0v) is 16.2. The fourth-order valence-corrected chi connectivity index (χ4v) is 4.50. The number of sulfonamides is 1. The molecule has 1 fully saturated rings. The van der Waals surface area contributed by atoms with E-state index in [1.165, 1.54) is 4.31 Å². The van der Waals surface area contributed by atoms with Gasteiger partial charge in [-0.3, -0.25) is 4.79 Å². The van der Waals surface area contributed by atoms with Crippen molar-refractivity contribution < 1.29 is 23.1 Å². The Morgan fingerprint density at radius 3 is 2.42 bits per heavy atom. The van der Waals surface area contributed by atoms with Crippen LogP contribution in [0.15, 0.2) is 18.2 Å². The highest BCUT2D eigenvalue weighted by atomic mass is 32.2. The second-order valence-corrected chi connectivity index (χ2v) is 9.06. The predicted molar refractivity (Wildman–Crippen MR) is 98.2 cm³/mol. The molecule has 1 aromatic rings. The summed E-state index contributed by atoms with van der Waals surface area (Å²) in [6, 6.07) is 4.25. The summed E-state index contributed by atoms with van der Waals surface area (Å²) in [5.41, 5.74) is 2.34. The van der Waals surface area contributed by atoms with Gasteiger partial charge in [-0.25, -0.2) is 17.5 Å². The van der Waals surface area contributed by atoms with E-state index in [9.17, 15) is 23.1 Å². The normalized spacial score (nSPS) is 19.7. The molecule has 0 bridgehead atoms. The number of nitrogens with one attached hydrogen (secondary N) is 1. The number of aryl methyl sites for hydroxylation is 2. The van der Waals surface area contributed by atoms with Crippen LogP contribution in [-0.2, 0) is 19.6 Å². The average molecular weight is 382 g/mol. The SMILES string of the molecule is CCS(=O)(=O)N1CCCC(C(=O)NC(C(=O)O)c2cc(C)cc(C)c2)C1. The van der Waals surface area contributed by atoms with Crippen molar-refractivity contribution in [1.29, 1.82) is 0 Å². The van der Waals surface area contributed by atoms with E-state index >= 15 is 0 Å². The molecule has 7 nitrogen and oxygen atoms in total. The number of amides is 1. The number of nitrogens with zero attached hydrogens (tertiary/aromatic N) is 1. The lowest BCUT2D eigenvalue weighted by Gasteiger charge is -2.31. The van der Waals surface area contributed by atoms with Gasteiger partial charge in [-0.05, 0) is 39.2 Å². The number of hydrogen-bond acceptors (Lipinski definition) is 4. The van der Waals surface area contributed by atoms with Crippen molar-refractivity contribution in [2.45, 2.75) is 39.7 Å². The van der Waals surface area contributed by atoms with Gasteiger partial charge in [0.15, 0.2) is 6.04 Å². The number of benzene rings is 1. The predicted octanol–water partition coefficient (Wildman–Crippen LogP) is 1.61. The number of carbonyl (C=O) groups is 2. The summed E-state index contributed by atoms with van der Waals surface area (Å²) >= 11 is 0. The molecule has 1 saturated heterocycles. The summed E-state index contributed by atoms with van der Waals surface area (Å²) in [5, 5.41) is 12.1. The highest BCUT2D eigenvalue weighted by Gasteiger charge is 2.33. The summed E-state index contributed by atoms with van der Waals surface area (Å²) in [4.78, 5) is 24.3. The summed E-state index contributed by atoms with van der Waals surface area (Å²) in [6.45, 7) is 5.80. The van der Waals surface area contributed by atoms with Crippen LogP contribution in [0.4, 0.5) is 0 Å². The van der Waals surface area contributed by atoms with E-state index in [1.807, 2.05) is 19.9 Å². The second kappa shape index (κ2) is 8.18. The number of rotatable bonds is 6. The number of piperidine rings is 1. The summed E-state index contributed by atoms with van der Waals surface area (Å²) < 4.78 is 25.4. The van der Waals surface area contributed by atoms with E-state index in [1.54, 1.807) is 19.1 Å². The van der Waals surface area contributed by atoms with E-state index in [2.05, 4.69) is 5.32 Å². The number of carboxylic acid groups (broad SMARTS) is 1. The Kier molecular flexibility index (Phi) is 6.41. The highest BCUT2D eigenvalue weighted by Crippen LogP contribution is 2.22. The second-order valence-electron chi connectivity index (χ2n) is 6.80. The zero-order chi connectivity index (χ0) is 19.5. The third kappa shape index (κ3) is 4.82. The lowest BCUT2D eigenvalue weighted by Crippen LogP contribution is -2.47. The quantitative estimate of drug-likeness (QED) is 0.778. The van der Waals surface area contributed by atoms with Crippen LogP contribution in [0.5, 0.6) is 0 Å². The van der Waals surface area contributed by atoms with Crippen LogP contribution in [0, 0.1) is 19.8 Å². The first-order valence-electron chi connectivity index (χ1n) is 8.73. The highest BCUT2D eigenvalue weighted by molar-refractivity contribution is 7.89. The topological polar surface area (TPSA) is 104 Å². The number of carbonyl (C=O) groups excluding carboxylic acids is 1. The minimum atomic E-state index is -3.36. The summed E-state index contributed by atoms with van der Waals surface area (Å²) in [5.74, 6) is -2.12. The minimum Gasteiger partial charge on any atom is -0.479 e. The Labute approximate surface area is 154 Å². The molecule has 8 heteroatoms. The standard InChI is InChI=1S/C18H26N2O5S/c1-4-26(24,25)20-7-5-6-14(11-20)17(21)19-16(18(22)23)15-9-12(2)8-13(3)10-15/h8-10,14,16H,4-7,11H2,1-3H3,(H,19,21)(H,22,23). The Balaban J connectivity index is 2.16. The van der Waals surface area contributed by atoms with E-state index in [4.69, 9.17) is 0 Å². The maximum Gasteiger partial charge on any atom is 0.330 e. The average Bonchev–Trinajstić information content (AvgIpc) is 2.58. The van der Waals surface area contributed by atoms with E-state index in [-0.39, 0.29) is 12.3 Å². The van der Waals surface area contributed by atoms with E-state index in [0.29, 0.717) is 24.9 Å². The molecule has 144 valence electrons. The lowest BCUT2D eigenvalue weighted by atomic mass is 9.96. The Bertz CT molecular complexity index is 771. The van der Waals surface area contributed by atoms with Crippen molar-refractivity contribution in [3.05, 3.63) is 34.9 Å². The molecule has 2 rings (SSSR count). The molecule has 0 saturated carbocycles. The van der Waals surface area contributed by atoms with Crippen LogP contribution in [0.3, 0.4) is 0 Å². The molecule has 0 aliphatic carbocycles. The smallest absolute Gasteiger partial charge is 0.330 e. The molecule has 1 aliphatic rings. The molecule has 1 aliphatic heterocycles. The van der Waals surface area contributed by atoms with Gasteiger partial charge >= 0.3 is 5.97 Å². The van der Waals surface area contributed by atoms with Crippen molar-refractivity contribution in [3.8, 4) is 0 Å². The maximum absolute atomic E-state index is 12.6. The Morgan fingerprint density at radius 2 is 1.88 bits per heavy atom. The Morgan fingerprint density at radius 1 is 1.27 bits per heavy atom. The Hall–Kier alpha value is -1.93. The molecule has 2 atom stereocenters. The van der Waals surface area contributed by atoms with E-state index in [0.717, 1.165) is 11.1 Å². The fraction of sp³-hybridized carbons (Fsp3) is 0.556. The molecule has 26 heavy (non-hydrogen) atoms. The fourth-order valence-electron chi connectivity index (χ4n) is 3.32. The van der Waals surface area contributed by atoms with Gasteiger partial charge in [0, 0.05) is 13.1 Å². The number of aliphatic carboxylic acids is 1. The molecule has 1 aromatic carbocycles. The zero-order valence-electron chi connectivity index (χ0n) is 15.4. The van der Waals surface area contributed by atoms with Crippen molar-refractivity contribution in [2.24, 2.45) is 5.92 Å². The van der Waals surface area contributed by atoms with Gasteiger partial charge < -0.3 is 10.4 Å². The van der Waals surface area contributed by atoms with Crippen LogP contribution in [-0.4, -0.2) is 48.5 Å². The first-order valence-corrected chi connectivity index (χ1v) is 10.3. The summed E-state index contributed by atoms with van der Waals surface area (Å²) in [7, 11) is -3.36. The van der Waals surface area contributed by atoms with Crippen molar-refractivity contribution in [2.75, 3.05) is 18.8 Å². The van der Waals surface area contributed by atoms with Crippen LogP contribution >= 0.6 is 0 Å². The molecule has 2 unspecified atom stereocenters. The van der Waals surface area contributed by atoms with Gasteiger partial charge in [-0.15, -0.1) is 0 Å². The third-order valence-corrected chi connectivity index (χ3v) is 6.47. The van der Waals surface area contributed by atoms with Gasteiger partial charge in [0.2, 0.25) is 15.9 Å². The molecule has 1 amide bonds. The number of carboxylic acids is 1. The minimum absolute atomic E-state index is 0.0122. The van der Waals surface area contributed by atoms with Crippen LogP contribution in [0.25, 0.3) is 0 Å². The molecule has 1 heterocycles. The number of hydrogen-bond donors (Lipinski definition) is 2. The monoisotopic (exact) mass is 382 g/mol. The first kappa shape index (κ1) is 20.4. The van der Waals surface area contributed by atoms with Crippen molar-refractivity contribution >= 4 is 21.9 Å². The van der Waals surface area contributed by atoms with Crippen molar-refractivity contribution in [1.82, 2.24) is 9.62 Å². The van der Waals surface area contributed by atoms with Gasteiger partial charge in [0.1, 0.15) is 0 Å². The molecule has 0 aromatic heterocycles. The molecule has 2 N–H and O–H groups in total. The van der Waals surface area contributed by atoms with Crippen LogP contribution < -0.4 is 5.32 Å². The maximum atomic E-state index is 12.6. The largest absolute Gasteiger partial charge is 0.479 e. The van der Waals surface area contributed by atoms with Gasteiger partial charge in [0.25, 0.3) is 0 Å². The van der Waals surface area contributed by atoms with Gasteiger partial charge in [0.05, 0.1) is 11.7 Å². The lowest BCUT2D eigenvalue weighted by molar-refractivity contribution is -0.143.